The summed E-state index contributed by atoms with van der Waals surface area (Å²) in [4.78, 5) is 73.7. The Morgan fingerprint density at radius 3 is 2.54 bits per heavy atom. The first-order valence-electron chi connectivity index (χ1n) is 18.7. The molecule has 4 amide bonds. The van der Waals surface area contributed by atoms with Gasteiger partial charge >= 0.3 is 5.97 Å². The van der Waals surface area contributed by atoms with E-state index in [2.05, 4.69) is 6.58 Å². The number of carboxylic acid groups (broad SMARTS) is 1. The number of carbonyl (C=O) groups excluding carboxylic acids is 4. The molecule has 2 aromatic heterocycles. The van der Waals surface area contributed by atoms with E-state index in [1.54, 1.807) is 55.6 Å². The van der Waals surface area contributed by atoms with E-state index in [0.29, 0.717) is 34.1 Å². The summed E-state index contributed by atoms with van der Waals surface area (Å²) in [5.74, 6) is -6.78. The molecule has 1 saturated carbocycles. The third-order valence-corrected chi connectivity index (χ3v) is 14.2. The summed E-state index contributed by atoms with van der Waals surface area (Å²) in [5, 5.41) is 27.9. The summed E-state index contributed by atoms with van der Waals surface area (Å²) < 4.78 is 2.55. The number of carbonyl (C=O) groups is 5. The summed E-state index contributed by atoms with van der Waals surface area (Å²) in [5.41, 5.74) is 2.04. The van der Waals surface area contributed by atoms with Gasteiger partial charge in [0.15, 0.2) is 0 Å². The van der Waals surface area contributed by atoms with E-state index >= 15 is 4.79 Å². The van der Waals surface area contributed by atoms with E-state index in [9.17, 15) is 29.4 Å². The van der Waals surface area contributed by atoms with Crippen LogP contribution in [0.3, 0.4) is 0 Å². The Bertz CT molecular complexity index is 2680. The first-order valence-corrected chi connectivity index (χ1v) is 19.9. The summed E-state index contributed by atoms with van der Waals surface area (Å²) in [6.07, 6.45) is 4.25. The van der Waals surface area contributed by atoms with Crippen LogP contribution in [0.15, 0.2) is 91.0 Å². The number of nitrogens with zero attached hydrogens (tertiary/aromatic N) is 4. The fourth-order valence-electron chi connectivity index (χ4n) is 9.99. The summed E-state index contributed by atoms with van der Waals surface area (Å²) in [6.45, 7) is 7.60. The van der Waals surface area contributed by atoms with Gasteiger partial charge < -0.3 is 10.2 Å². The number of aryl methyl sites for hydroxylation is 2. The molecule has 288 valence electrons. The van der Waals surface area contributed by atoms with Gasteiger partial charge in [0.25, 0.3) is 0 Å². The maximum absolute atomic E-state index is 15.2. The third kappa shape index (κ3) is 5.23. The second-order valence-electron chi connectivity index (χ2n) is 15.6. The number of amides is 4. The van der Waals surface area contributed by atoms with Gasteiger partial charge in [-0.05, 0) is 91.9 Å². The lowest BCUT2D eigenvalue weighted by Gasteiger charge is -2.49. The number of para-hydroxylation sites is 1. The Morgan fingerprint density at radius 2 is 1.79 bits per heavy atom. The minimum absolute atomic E-state index is 0.0196. The number of aromatic nitrogens is 2. The molecule has 0 spiro atoms. The molecule has 2 aliphatic carbocycles. The zero-order valence-electron chi connectivity index (χ0n) is 31.2. The van der Waals surface area contributed by atoms with Gasteiger partial charge in [0.2, 0.25) is 23.6 Å². The third-order valence-electron chi connectivity index (χ3n) is 12.7. The number of aromatic carboxylic acids is 1. The van der Waals surface area contributed by atoms with Crippen molar-refractivity contribution in [3.63, 3.8) is 0 Å². The van der Waals surface area contributed by atoms with Crippen LogP contribution < -0.4 is 9.80 Å². The van der Waals surface area contributed by atoms with Gasteiger partial charge in [0.05, 0.1) is 39.3 Å². The van der Waals surface area contributed by atoms with Gasteiger partial charge in [-0.1, -0.05) is 53.6 Å². The van der Waals surface area contributed by atoms with E-state index in [1.807, 2.05) is 31.2 Å². The Balaban J connectivity index is 1.16. The SMILES string of the molecule is C=CCc1cccc([C@H]2C3=CC[C@@H]4C(=O)N(c5cccc(C(=O)O)c5)C(=O)[C@@H]4[C@@H]3C[C@H]3C(=O)N(c4cc(-c5sc6ccc(Cl)cc6c5C)nn4C)C(=O)[C@@]23C)c1O. The topological polar surface area (TPSA) is 150 Å². The van der Waals surface area contributed by atoms with Crippen molar-refractivity contribution in [1.29, 1.82) is 0 Å². The number of phenolic OH excluding ortho intramolecular Hbond substituents is 1. The van der Waals surface area contributed by atoms with E-state index in [4.69, 9.17) is 16.7 Å². The number of allylic oxidation sites excluding steroid dienone is 3. The van der Waals surface area contributed by atoms with Crippen molar-refractivity contribution in [2.24, 2.45) is 36.1 Å². The zero-order valence-corrected chi connectivity index (χ0v) is 32.8. The number of fused-ring (bicyclic) bond motifs is 5. The fraction of sp³-hybridized carbons (Fsp3) is 0.273. The molecule has 13 heteroatoms. The first kappa shape index (κ1) is 36.8. The molecule has 2 N–H and O–H groups in total. The van der Waals surface area contributed by atoms with E-state index in [1.165, 1.54) is 33.8 Å². The molecule has 2 saturated heterocycles. The van der Waals surface area contributed by atoms with Crippen LogP contribution in [0.4, 0.5) is 11.5 Å². The van der Waals surface area contributed by atoms with Crippen molar-refractivity contribution < 1.29 is 34.2 Å². The predicted molar refractivity (Wildman–Crippen MR) is 216 cm³/mol. The van der Waals surface area contributed by atoms with Crippen LogP contribution in [0.25, 0.3) is 20.7 Å². The zero-order chi connectivity index (χ0) is 40.2. The van der Waals surface area contributed by atoms with Gasteiger partial charge in [0, 0.05) is 34.3 Å². The lowest BCUT2D eigenvalue weighted by Crippen LogP contribution is -2.49. The number of rotatable bonds is 7. The monoisotopic (exact) mass is 800 g/mol. The minimum Gasteiger partial charge on any atom is -0.507 e. The largest absolute Gasteiger partial charge is 0.507 e. The average Bonchev–Trinajstić information content (AvgIpc) is 3.86. The fourth-order valence-corrected chi connectivity index (χ4v) is 11.3. The first-order chi connectivity index (χ1) is 27.3. The number of carboxylic acids is 1. The van der Waals surface area contributed by atoms with E-state index in [0.717, 1.165) is 31.0 Å². The molecule has 2 aliphatic heterocycles. The average molecular weight is 801 g/mol. The van der Waals surface area contributed by atoms with Gasteiger partial charge in [0.1, 0.15) is 17.3 Å². The number of thiophene rings is 1. The Hall–Kier alpha value is -5.85. The highest BCUT2D eigenvalue weighted by Crippen LogP contribution is 2.64. The number of halogens is 1. The highest BCUT2D eigenvalue weighted by molar-refractivity contribution is 7.22. The van der Waals surface area contributed by atoms with Gasteiger partial charge in [-0.25, -0.2) is 9.69 Å². The maximum Gasteiger partial charge on any atom is 0.335 e. The quantitative estimate of drug-likeness (QED) is 0.125. The number of benzene rings is 3. The minimum atomic E-state index is -1.40. The number of anilines is 2. The van der Waals surface area contributed by atoms with Gasteiger partial charge in [-0.3, -0.25) is 28.8 Å². The Morgan fingerprint density at radius 1 is 1.02 bits per heavy atom. The summed E-state index contributed by atoms with van der Waals surface area (Å²) >= 11 is 7.86. The molecular weight excluding hydrogens is 764 g/mol. The van der Waals surface area contributed by atoms with Crippen LogP contribution in [0.5, 0.6) is 5.75 Å². The van der Waals surface area contributed by atoms with Crippen molar-refractivity contribution >= 4 is 74.1 Å². The molecule has 0 unspecified atom stereocenters. The maximum atomic E-state index is 15.2. The Labute approximate surface area is 336 Å². The molecule has 0 radical (unpaired) electrons. The normalized spacial score (nSPS) is 25.5. The van der Waals surface area contributed by atoms with Crippen molar-refractivity contribution in [2.75, 3.05) is 9.80 Å². The molecule has 4 aliphatic rings. The van der Waals surface area contributed by atoms with Crippen molar-refractivity contribution in [2.45, 2.75) is 39.0 Å². The van der Waals surface area contributed by atoms with Crippen molar-refractivity contribution in [3.05, 3.63) is 118 Å². The summed E-state index contributed by atoms with van der Waals surface area (Å²) in [7, 11) is 1.69. The lowest BCUT2D eigenvalue weighted by atomic mass is 9.51. The smallest absolute Gasteiger partial charge is 0.335 e. The van der Waals surface area contributed by atoms with E-state index < -0.39 is 64.6 Å². The highest BCUT2D eigenvalue weighted by Gasteiger charge is 2.68. The molecule has 0 bridgehead atoms. The van der Waals surface area contributed by atoms with E-state index in [-0.39, 0.29) is 29.8 Å². The van der Waals surface area contributed by atoms with Crippen LogP contribution in [0.1, 0.15) is 52.7 Å². The van der Waals surface area contributed by atoms with Crippen molar-refractivity contribution in [3.8, 4) is 16.3 Å². The molecule has 5 aromatic rings. The number of hydrogen-bond acceptors (Lipinski definition) is 8. The number of aromatic hydroxyl groups is 1. The molecule has 3 fully saturated rings. The Kier molecular flexibility index (Phi) is 8.45. The van der Waals surface area contributed by atoms with Crippen LogP contribution in [-0.2, 0) is 32.6 Å². The molecule has 4 heterocycles. The second kappa shape index (κ2) is 13.1. The number of hydrogen-bond donors (Lipinski definition) is 2. The van der Waals surface area contributed by atoms with Gasteiger partial charge in [-0.15, -0.1) is 17.9 Å². The number of imide groups is 2. The standard InChI is InChI=1S/C44H37ClN4O7S/c1-5-8-22-9-7-12-28(37(22)50)36-26-14-15-27-35(41(53)48(39(27)51)25-11-6-10-23(17-25)42(54)55)30(26)19-31-40(52)49(43(56)44(31,36)3)34-20-32(46-47(34)4)38-21(2)29-18-24(45)13-16-33(29)57-38/h5-7,9-14,16-18,20,27,30-31,35-36,50H,1,8,15,19H2,2-4H3,(H,54,55)/t27-,30+,31-,35-,36+,44+/m0/s1. The summed E-state index contributed by atoms with van der Waals surface area (Å²) in [6, 6.07) is 18.5. The van der Waals surface area contributed by atoms with Crippen LogP contribution >= 0.6 is 22.9 Å². The lowest BCUT2D eigenvalue weighted by molar-refractivity contribution is -0.131. The molecular formula is C44H37ClN4O7S. The van der Waals surface area contributed by atoms with Crippen LogP contribution in [0, 0.1) is 36.0 Å². The second-order valence-corrected chi connectivity index (χ2v) is 17.1. The molecule has 6 atom stereocenters. The molecule has 3 aromatic carbocycles. The predicted octanol–water partition coefficient (Wildman–Crippen LogP) is 7.83. The highest BCUT2D eigenvalue weighted by atomic mass is 35.5. The molecule has 11 nitrogen and oxygen atoms in total. The van der Waals surface area contributed by atoms with Crippen molar-refractivity contribution in [1.82, 2.24) is 9.78 Å². The van der Waals surface area contributed by atoms with Gasteiger partial charge in [-0.2, -0.15) is 5.10 Å². The number of phenols is 1. The molecule has 57 heavy (non-hydrogen) atoms. The van der Waals surface area contributed by atoms with Crippen LogP contribution in [-0.4, -0.2) is 49.6 Å². The van der Waals surface area contributed by atoms with Crippen LogP contribution in [0.2, 0.25) is 5.02 Å². The molecule has 9 rings (SSSR count).